The lowest BCUT2D eigenvalue weighted by Crippen LogP contribution is -2.41. The van der Waals surface area contributed by atoms with Crippen molar-refractivity contribution in [2.45, 2.75) is 26.3 Å². The molecule has 16 heavy (non-hydrogen) atoms. The van der Waals surface area contributed by atoms with Crippen molar-refractivity contribution in [1.29, 1.82) is 0 Å². The number of hydrogen-bond donors (Lipinski definition) is 1. The highest BCUT2D eigenvalue weighted by atomic mass is 79.9. The van der Waals surface area contributed by atoms with Gasteiger partial charge in [0, 0.05) is 22.0 Å². The number of thioether (sulfide) groups is 1. The van der Waals surface area contributed by atoms with E-state index in [4.69, 9.17) is 0 Å². The smallest absolute Gasteiger partial charge is 0.0403 e. The van der Waals surface area contributed by atoms with Gasteiger partial charge in [0.1, 0.15) is 0 Å². The van der Waals surface area contributed by atoms with Gasteiger partial charge in [-0.05, 0) is 41.9 Å². The average Bonchev–Trinajstić information content (AvgIpc) is 2.24. The largest absolute Gasteiger partial charge is 0.381 e. The van der Waals surface area contributed by atoms with Crippen LogP contribution in [0.4, 0.5) is 5.69 Å². The van der Waals surface area contributed by atoms with E-state index in [-0.39, 0.29) is 0 Å². The van der Waals surface area contributed by atoms with Crippen LogP contribution in [-0.2, 0) is 0 Å². The molecule has 1 unspecified atom stereocenters. The lowest BCUT2D eigenvalue weighted by molar-refractivity contribution is 0.305. The Balaban J connectivity index is 2.05. The molecule has 0 saturated carbocycles. The Bertz CT molecular complexity index is 347. The third-order valence-corrected chi connectivity index (χ3v) is 4.89. The number of benzene rings is 1. The van der Waals surface area contributed by atoms with E-state index < -0.39 is 0 Å². The zero-order valence-electron chi connectivity index (χ0n) is 9.79. The van der Waals surface area contributed by atoms with Crippen LogP contribution in [0.1, 0.15) is 20.3 Å². The fourth-order valence-corrected chi connectivity index (χ4v) is 3.79. The van der Waals surface area contributed by atoms with Gasteiger partial charge in [-0.25, -0.2) is 0 Å². The van der Waals surface area contributed by atoms with E-state index in [1.54, 1.807) is 0 Å². The van der Waals surface area contributed by atoms with E-state index in [0.29, 0.717) is 11.5 Å². The molecule has 1 saturated heterocycles. The molecule has 1 nitrogen and oxygen atoms in total. The number of hydrogen-bond acceptors (Lipinski definition) is 2. The van der Waals surface area contributed by atoms with Crippen LogP contribution in [0.15, 0.2) is 28.7 Å². The van der Waals surface area contributed by atoms with Crippen LogP contribution in [0, 0.1) is 5.41 Å². The maximum Gasteiger partial charge on any atom is 0.0403 e. The van der Waals surface area contributed by atoms with E-state index >= 15 is 0 Å². The predicted octanol–water partition coefficient (Wildman–Crippen LogP) is 4.39. The first-order valence-corrected chi connectivity index (χ1v) is 7.62. The summed E-state index contributed by atoms with van der Waals surface area (Å²) in [5.41, 5.74) is 1.63. The van der Waals surface area contributed by atoms with Crippen molar-refractivity contribution in [1.82, 2.24) is 0 Å². The Hall–Kier alpha value is -0.150. The van der Waals surface area contributed by atoms with Crippen LogP contribution in [0.5, 0.6) is 0 Å². The Morgan fingerprint density at radius 3 is 2.62 bits per heavy atom. The van der Waals surface area contributed by atoms with E-state index in [2.05, 4.69) is 71.1 Å². The second-order valence-corrected chi connectivity index (χ2v) is 7.08. The van der Waals surface area contributed by atoms with E-state index in [1.165, 1.54) is 23.6 Å². The first-order chi connectivity index (χ1) is 7.58. The van der Waals surface area contributed by atoms with Crippen LogP contribution in [-0.4, -0.2) is 17.5 Å². The Morgan fingerprint density at radius 2 is 2.00 bits per heavy atom. The molecule has 0 aromatic heterocycles. The molecule has 0 amide bonds. The Kier molecular flexibility index (Phi) is 3.85. The second-order valence-electron chi connectivity index (χ2n) is 5.02. The molecule has 3 heteroatoms. The summed E-state index contributed by atoms with van der Waals surface area (Å²) in [6.45, 7) is 4.73. The van der Waals surface area contributed by atoms with Crippen molar-refractivity contribution in [3.05, 3.63) is 28.7 Å². The van der Waals surface area contributed by atoms with Crippen LogP contribution in [0.25, 0.3) is 0 Å². The summed E-state index contributed by atoms with van der Waals surface area (Å²) in [5, 5.41) is 3.66. The molecule has 0 radical (unpaired) electrons. The number of anilines is 1. The molecule has 1 atom stereocenters. The van der Waals surface area contributed by atoms with E-state index in [1.807, 2.05) is 0 Å². The number of rotatable bonds is 2. The monoisotopic (exact) mass is 299 g/mol. The molecule has 1 N–H and O–H groups in total. The topological polar surface area (TPSA) is 12.0 Å². The van der Waals surface area contributed by atoms with Gasteiger partial charge < -0.3 is 5.32 Å². The van der Waals surface area contributed by atoms with Gasteiger partial charge in [-0.15, -0.1) is 0 Å². The van der Waals surface area contributed by atoms with Crippen molar-refractivity contribution >= 4 is 33.4 Å². The summed E-state index contributed by atoms with van der Waals surface area (Å²) >= 11 is 5.52. The van der Waals surface area contributed by atoms with E-state index in [9.17, 15) is 0 Å². The predicted molar refractivity (Wildman–Crippen MR) is 77.3 cm³/mol. The molecule has 1 aromatic rings. The van der Waals surface area contributed by atoms with Gasteiger partial charge in [0.15, 0.2) is 0 Å². The molecule has 1 heterocycles. The molecule has 1 aliphatic rings. The first kappa shape index (κ1) is 12.3. The molecule has 1 fully saturated rings. The summed E-state index contributed by atoms with van der Waals surface area (Å²) in [6, 6.07) is 9.03. The minimum Gasteiger partial charge on any atom is -0.381 e. The fraction of sp³-hybridized carbons (Fsp3) is 0.538. The van der Waals surface area contributed by atoms with E-state index in [0.717, 1.165) is 4.47 Å². The first-order valence-electron chi connectivity index (χ1n) is 5.68. The second kappa shape index (κ2) is 5.01. The molecule has 0 bridgehead atoms. The lowest BCUT2D eigenvalue weighted by atomic mass is 9.82. The average molecular weight is 300 g/mol. The standard InChI is InChI=1S/C13H18BrNS/c1-13(2)7-8-16-9-12(13)15-11-5-3-10(14)4-6-11/h3-6,12,15H,7-9H2,1-2H3. The quantitative estimate of drug-likeness (QED) is 0.869. The number of halogens is 1. The van der Waals surface area contributed by atoms with Crippen molar-refractivity contribution in [2.75, 3.05) is 16.8 Å². The zero-order chi connectivity index (χ0) is 11.6. The molecule has 1 aromatic carbocycles. The van der Waals surface area contributed by atoms with Gasteiger partial charge in [0.2, 0.25) is 0 Å². The summed E-state index contributed by atoms with van der Waals surface area (Å²) < 4.78 is 1.13. The Labute approximate surface area is 111 Å². The third kappa shape index (κ3) is 2.95. The molecule has 1 aliphatic heterocycles. The van der Waals surface area contributed by atoms with Crippen LogP contribution < -0.4 is 5.32 Å². The maximum atomic E-state index is 3.66. The van der Waals surface area contributed by atoms with Crippen molar-refractivity contribution in [2.24, 2.45) is 5.41 Å². The van der Waals surface area contributed by atoms with Crippen LogP contribution in [0.2, 0.25) is 0 Å². The normalized spacial score (nSPS) is 24.1. The molecule has 0 aliphatic carbocycles. The zero-order valence-corrected chi connectivity index (χ0v) is 12.2. The molecule has 88 valence electrons. The van der Waals surface area contributed by atoms with Gasteiger partial charge in [-0.2, -0.15) is 11.8 Å². The molecule has 2 rings (SSSR count). The minimum atomic E-state index is 0.401. The Morgan fingerprint density at radius 1 is 1.31 bits per heavy atom. The SMILES string of the molecule is CC1(C)CCSCC1Nc1ccc(Br)cc1. The van der Waals surface area contributed by atoms with Crippen molar-refractivity contribution in [3.63, 3.8) is 0 Å². The minimum absolute atomic E-state index is 0.401. The van der Waals surface area contributed by atoms with Gasteiger partial charge in [-0.1, -0.05) is 29.8 Å². The molecular weight excluding hydrogens is 282 g/mol. The highest BCUT2D eigenvalue weighted by Crippen LogP contribution is 2.36. The van der Waals surface area contributed by atoms with Gasteiger partial charge in [-0.3, -0.25) is 0 Å². The summed E-state index contributed by atoms with van der Waals surface area (Å²) in [6.07, 6.45) is 1.30. The summed E-state index contributed by atoms with van der Waals surface area (Å²) in [7, 11) is 0. The van der Waals surface area contributed by atoms with Gasteiger partial charge in [0.05, 0.1) is 0 Å². The maximum absolute atomic E-state index is 3.66. The molecular formula is C13H18BrNS. The lowest BCUT2D eigenvalue weighted by Gasteiger charge is -2.39. The van der Waals surface area contributed by atoms with Gasteiger partial charge >= 0.3 is 0 Å². The van der Waals surface area contributed by atoms with Crippen molar-refractivity contribution in [3.8, 4) is 0 Å². The third-order valence-electron chi connectivity index (χ3n) is 3.30. The van der Waals surface area contributed by atoms with Gasteiger partial charge in [0.25, 0.3) is 0 Å². The van der Waals surface area contributed by atoms with Crippen LogP contribution in [0.3, 0.4) is 0 Å². The highest BCUT2D eigenvalue weighted by molar-refractivity contribution is 9.10. The fourth-order valence-electron chi connectivity index (χ4n) is 1.92. The van der Waals surface area contributed by atoms with Crippen LogP contribution >= 0.6 is 27.7 Å². The summed E-state index contributed by atoms with van der Waals surface area (Å²) in [5.74, 6) is 2.51. The highest BCUT2D eigenvalue weighted by Gasteiger charge is 2.32. The van der Waals surface area contributed by atoms with Crippen molar-refractivity contribution < 1.29 is 0 Å². The summed E-state index contributed by atoms with van der Waals surface area (Å²) in [4.78, 5) is 0. The molecule has 0 spiro atoms. The number of nitrogens with one attached hydrogen (secondary N) is 1.